The fraction of sp³-hybridized carbons (Fsp3) is 0.188. The smallest absolute Gasteiger partial charge is 0.243 e. The van der Waals surface area contributed by atoms with Gasteiger partial charge in [-0.15, -0.1) is 11.8 Å². The molecule has 3 rings (SSSR count). The molecule has 1 saturated heterocycles. The summed E-state index contributed by atoms with van der Waals surface area (Å²) in [5, 5.41) is 6.15. The van der Waals surface area contributed by atoms with Crippen LogP contribution in [-0.4, -0.2) is 17.8 Å². The van der Waals surface area contributed by atoms with E-state index in [1.54, 1.807) is 36.4 Å². The van der Waals surface area contributed by atoms with Gasteiger partial charge in [0.1, 0.15) is 11.9 Å². The van der Waals surface area contributed by atoms with Crippen molar-refractivity contribution in [3.8, 4) is 0 Å². The molecule has 7 heteroatoms. The van der Waals surface area contributed by atoms with E-state index in [1.165, 1.54) is 17.8 Å². The number of rotatable bonds is 3. The van der Waals surface area contributed by atoms with Crippen LogP contribution in [0.5, 0.6) is 0 Å². The fourth-order valence-electron chi connectivity index (χ4n) is 2.46. The number of hydrogen-bond acceptors (Lipinski definition) is 3. The Morgan fingerprint density at radius 3 is 2.83 bits per heavy atom. The average molecular weight is 371 g/mol. The molecule has 120 valence electrons. The predicted octanol–water partition coefficient (Wildman–Crippen LogP) is 4.47. The van der Waals surface area contributed by atoms with Crippen molar-refractivity contribution < 1.29 is 9.18 Å². The van der Waals surface area contributed by atoms with Gasteiger partial charge in [0.15, 0.2) is 0 Å². The molecule has 0 spiro atoms. The summed E-state index contributed by atoms with van der Waals surface area (Å²) in [5.41, 5.74) is 1.03. The first-order valence-electron chi connectivity index (χ1n) is 6.91. The van der Waals surface area contributed by atoms with Crippen molar-refractivity contribution in [2.45, 2.75) is 11.3 Å². The van der Waals surface area contributed by atoms with Gasteiger partial charge in [0, 0.05) is 22.2 Å². The number of hydrogen-bond donors (Lipinski definition) is 2. The first-order chi connectivity index (χ1) is 11.1. The zero-order valence-corrected chi connectivity index (χ0v) is 14.2. The summed E-state index contributed by atoms with van der Waals surface area (Å²) >= 11 is 13.2. The van der Waals surface area contributed by atoms with Crippen LogP contribution in [0.1, 0.15) is 10.8 Å². The normalized spacial score (nSPS) is 20.5. The van der Waals surface area contributed by atoms with Crippen LogP contribution >= 0.6 is 35.0 Å². The summed E-state index contributed by atoms with van der Waals surface area (Å²) in [6.45, 7) is 0. The van der Waals surface area contributed by atoms with Crippen molar-refractivity contribution in [1.29, 1.82) is 0 Å². The topological polar surface area (TPSA) is 41.1 Å². The molecule has 0 aromatic heterocycles. The van der Waals surface area contributed by atoms with Gasteiger partial charge in [0.05, 0.1) is 10.3 Å². The second-order valence-electron chi connectivity index (χ2n) is 5.06. The SMILES string of the molecule is O=C(Nc1cccc(Cl)c1)C1NCSC1c1cccc(Cl)c1F. The van der Waals surface area contributed by atoms with Crippen LogP contribution in [0, 0.1) is 5.82 Å². The highest BCUT2D eigenvalue weighted by atomic mass is 35.5. The quantitative estimate of drug-likeness (QED) is 0.836. The number of anilines is 1. The lowest BCUT2D eigenvalue weighted by Crippen LogP contribution is -2.39. The van der Waals surface area contributed by atoms with Crippen molar-refractivity contribution in [1.82, 2.24) is 5.32 Å². The van der Waals surface area contributed by atoms with E-state index in [0.717, 1.165) is 0 Å². The zero-order chi connectivity index (χ0) is 16.4. The number of thioether (sulfide) groups is 1. The first-order valence-corrected chi connectivity index (χ1v) is 8.72. The Kier molecular flexibility index (Phi) is 5.11. The van der Waals surface area contributed by atoms with Crippen LogP contribution in [0.3, 0.4) is 0 Å². The standard InChI is InChI=1S/C16H13Cl2FN2OS/c17-9-3-1-4-10(7-9)21-16(22)14-15(23-8-20-14)11-5-2-6-12(18)13(11)19/h1-7,14-15,20H,8H2,(H,21,22). The molecule has 0 radical (unpaired) electrons. The van der Waals surface area contributed by atoms with Gasteiger partial charge in [0.25, 0.3) is 0 Å². The van der Waals surface area contributed by atoms with Gasteiger partial charge < -0.3 is 5.32 Å². The van der Waals surface area contributed by atoms with Crippen LogP contribution in [0.15, 0.2) is 42.5 Å². The van der Waals surface area contributed by atoms with Crippen molar-refractivity contribution in [2.75, 3.05) is 11.2 Å². The van der Waals surface area contributed by atoms with Crippen LogP contribution in [0.25, 0.3) is 0 Å². The van der Waals surface area contributed by atoms with Crippen LogP contribution < -0.4 is 10.6 Å². The number of amides is 1. The summed E-state index contributed by atoms with van der Waals surface area (Å²) in [4.78, 5) is 12.5. The highest BCUT2D eigenvalue weighted by molar-refractivity contribution is 7.99. The van der Waals surface area contributed by atoms with Gasteiger partial charge in [-0.05, 0) is 24.3 Å². The second kappa shape index (κ2) is 7.09. The number of carbonyl (C=O) groups is 1. The number of carbonyl (C=O) groups excluding carboxylic acids is 1. The Bertz CT molecular complexity index is 744. The van der Waals surface area contributed by atoms with E-state index >= 15 is 0 Å². The Labute approximate surface area is 147 Å². The maximum absolute atomic E-state index is 14.2. The largest absolute Gasteiger partial charge is 0.325 e. The van der Waals surface area contributed by atoms with Crippen molar-refractivity contribution in [3.63, 3.8) is 0 Å². The highest BCUT2D eigenvalue weighted by Crippen LogP contribution is 2.39. The van der Waals surface area contributed by atoms with E-state index in [0.29, 0.717) is 22.2 Å². The lowest BCUT2D eigenvalue weighted by Gasteiger charge is -2.19. The Morgan fingerprint density at radius 1 is 1.26 bits per heavy atom. The van der Waals surface area contributed by atoms with E-state index < -0.39 is 11.9 Å². The summed E-state index contributed by atoms with van der Waals surface area (Å²) in [6.07, 6.45) is 0. The monoisotopic (exact) mass is 370 g/mol. The van der Waals surface area contributed by atoms with Gasteiger partial charge in [-0.25, -0.2) is 4.39 Å². The van der Waals surface area contributed by atoms with Crippen LogP contribution in [-0.2, 0) is 4.79 Å². The highest BCUT2D eigenvalue weighted by Gasteiger charge is 2.36. The molecule has 1 fully saturated rings. The Balaban J connectivity index is 1.81. The summed E-state index contributed by atoms with van der Waals surface area (Å²) in [6, 6.07) is 11.2. The van der Waals surface area contributed by atoms with Gasteiger partial charge in [-0.2, -0.15) is 0 Å². The van der Waals surface area contributed by atoms with E-state index in [4.69, 9.17) is 23.2 Å². The van der Waals surface area contributed by atoms with Crippen molar-refractivity contribution in [3.05, 3.63) is 63.9 Å². The summed E-state index contributed by atoms with van der Waals surface area (Å²) in [7, 11) is 0. The Morgan fingerprint density at radius 2 is 2.04 bits per heavy atom. The zero-order valence-electron chi connectivity index (χ0n) is 11.9. The van der Waals surface area contributed by atoms with Gasteiger partial charge in [0.2, 0.25) is 5.91 Å². The number of nitrogens with one attached hydrogen (secondary N) is 2. The second-order valence-corrected chi connectivity index (χ2v) is 7.03. The molecule has 2 N–H and O–H groups in total. The molecule has 1 aliphatic rings. The Hall–Kier alpha value is -1.27. The van der Waals surface area contributed by atoms with E-state index in [1.807, 2.05) is 0 Å². The number of benzene rings is 2. The molecule has 2 aromatic rings. The minimum absolute atomic E-state index is 0.0593. The molecule has 23 heavy (non-hydrogen) atoms. The molecule has 3 nitrogen and oxygen atoms in total. The third-order valence-corrected chi connectivity index (χ3v) is 5.28. The van der Waals surface area contributed by atoms with Gasteiger partial charge in [-0.1, -0.05) is 41.4 Å². The van der Waals surface area contributed by atoms with Crippen molar-refractivity contribution >= 4 is 46.6 Å². The molecular weight excluding hydrogens is 358 g/mol. The minimum atomic E-state index is -0.549. The van der Waals surface area contributed by atoms with Crippen LogP contribution in [0.4, 0.5) is 10.1 Å². The van der Waals surface area contributed by atoms with Crippen molar-refractivity contribution in [2.24, 2.45) is 0 Å². The van der Waals surface area contributed by atoms with E-state index in [2.05, 4.69) is 10.6 Å². The van der Waals surface area contributed by atoms with Crippen LogP contribution in [0.2, 0.25) is 10.0 Å². The lowest BCUT2D eigenvalue weighted by atomic mass is 10.0. The van der Waals surface area contributed by atoms with Gasteiger partial charge in [-0.3, -0.25) is 10.1 Å². The minimum Gasteiger partial charge on any atom is -0.325 e. The molecular formula is C16H13Cl2FN2OS. The first kappa shape index (κ1) is 16.6. The molecule has 0 saturated carbocycles. The lowest BCUT2D eigenvalue weighted by molar-refractivity contribution is -0.117. The maximum atomic E-state index is 14.2. The van der Waals surface area contributed by atoms with E-state index in [9.17, 15) is 9.18 Å². The molecule has 1 amide bonds. The third-order valence-electron chi connectivity index (χ3n) is 3.53. The molecule has 0 bridgehead atoms. The molecule has 2 unspecified atom stereocenters. The maximum Gasteiger partial charge on any atom is 0.243 e. The third kappa shape index (κ3) is 3.63. The average Bonchev–Trinajstić information content (AvgIpc) is 2.99. The molecule has 1 heterocycles. The molecule has 2 aromatic carbocycles. The molecule has 0 aliphatic carbocycles. The fourth-order valence-corrected chi connectivity index (χ4v) is 4.06. The van der Waals surface area contributed by atoms with E-state index in [-0.39, 0.29) is 16.2 Å². The summed E-state index contributed by atoms with van der Waals surface area (Å²) < 4.78 is 14.2. The predicted molar refractivity (Wildman–Crippen MR) is 93.6 cm³/mol. The molecule has 2 atom stereocenters. The van der Waals surface area contributed by atoms with Gasteiger partial charge >= 0.3 is 0 Å². The summed E-state index contributed by atoms with van der Waals surface area (Å²) in [5.74, 6) is -0.151. The molecule has 1 aliphatic heterocycles. The number of halogens is 3.